The summed E-state index contributed by atoms with van der Waals surface area (Å²) in [5, 5.41) is 44.6. The van der Waals surface area contributed by atoms with Gasteiger partial charge in [-0.25, -0.2) is 0 Å². The number of carboxylic acids is 1. The lowest BCUT2D eigenvalue weighted by Crippen LogP contribution is -2.39. The van der Waals surface area contributed by atoms with E-state index >= 15 is 0 Å². The zero-order valence-electron chi connectivity index (χ0n) is 31.0. The quantitative estimate of drug-likeness (QED) is 0.0675. The predicted molar refractivity (Wildman–Crippen MR) is 223 cm³/mol. The Morgan fingerprint density at radius 1 is 0.983 bits per heavy atom. The number of aliphatic hydroxyl groups excluding tert-OH is 1. The number of nitrogens with zero attached hydrogens (tertiary/aromatic N) is 4. The molecule has 3 heterocycles. The van der Waals surface area contributed by atoms with Crippen molar-refractivity contribution < 1.29 is 24.5 Å². The van der Waals surface area contributed by atoms with Crippen LogP contribution in [0, 0.1) is 11.3 Å². The number of aromatic nitrogens is 3. The Hall–Kier alpha value is -5.52. The zero-order valence-corrected chi connectivity index (χ0v) is 33.3. The van der Waals surface area contributed by atoms with E-state index in [4.69, 9.17) is 44.6 Å². The number of nitrogens with one attached hydrogen (secondary N) is 3. The van der Waals surface area contributed by atoms with Crippen LogP contribution >= 0.6 is 34.8 Å². The van der Waals surface area contributed by atoms with E-state index in [0.29, 0.717) is 62.6 Å². The fraction of sp³-hybridized carbons (Fsp3) is 0.233. The van der Waals surface area contributed by atoms with Crippen molar-refractivity contribution >= 4 is 57.6 Å². The van der Waals surface area contributed by atoms with Crippen molar-refractivity contribution in [1.82, 2.24) is 30.7 Å². The summed E-state index contributed by atoms with van der Waals surface area (Å²) in [4.78, 5) is 27.2. The van der Waals surface area contributed by atoms with E-state index in [1.54, 1.807) is 30.6 Å². The lowest BCUT2D eigenvalue weighted by atomic mass is 9.96. The van der Waals surface area contributed by atoms with Gasteiger partial charge in [0.1, 0.15) is 24.5 Å². The van der Waals surface area contributed by atoms with Gasteiger partial charge in [0.2, 0.25) is 5.91 Å². The first kappa shape index (κ1) is 40.7. The Labute approximate surface area is 349 Å². The number of fused-ring (bicyclic) bond motifs is 1. The fourth-order valence-corrected chi connectivity index (χ4v) is 7.71. The number of aliphatic hydroxyl groups is 1. The Balaban J connectivity index is 1.14. The molecule has 0 aliphatic carbocycles. The van der Waals surface area contributed by atoms with Crippen LogP contribution in [0.5, 0.6) is 5.75 Å². The van der Waals surface area contributed by atoms with E-state index in [1.165, 1.54) is 6.20 Å². The number of carbonyl (C=O) groups excluding carboxylic acids is 1. The van der Waals surface area contributed by atoms with Gasteiger partial charge in [0, 0.05) is 82.2 Å². The molecular weight excluding hydrogens is 801 g/mol. The van der Waals surface area contributed by atoms with Gasteiger partial charge in [-0.15, -0.1) is 0 Å². The molecule has 1 aliphatic heterocycles. The fourth-order valence-electron chi connectivity index (χ4n) is 6.93. The number of amides is 1. The van der Waals surface area contributed by atoms with E-state index in [9.17, 15) is 25.1 Å². The van der Waals surface area contributed by atoms with Crippen molar-refractivity contribution in [2.75, 3.05) is 13.2 Å². The highest BCUT2D eigenvalue weighted by molar-refractivity contribution is 6.38. The number of hydrogen-bond donors (Lipinski definition) is 5. The highest BCUT2D eigenvalue weighted by atomic mass is 35.5. The minimum atomic E-state index is -1.20. The number of nitriles is 1. The van der Waals surface area contributed by atoms with Crippen LogP contribution in [0.1, 0.15) is 40.7 Å². The minimum Gasteiger partial charge on any atom is -0.489 e. The molecule has 0 spiro atoms. The van der Waals surface area contributed by atoms with Crippen LogP contribution in [0.2, 0.25) is 15.1 Å². The molecular formula is C43H38Cl3N7O5. The second-order valence-corrected chi connectivity index (χ2v) is 15.2. The first-order chi connectivity index (χ1) is 28.1. The van der Waals surface area contributed by atoms with E-state index in [1.807, 2.05) is 59.3 Å². The molecule has 2 aromatic heterocycles. The smallest absolute Gasteiger partial charge is 0.323 e. The molecule has 0 radical (unpaired) electrons. The van der Waals surface area contributed by atoms with E-state index < -0.39 is 18.6 Å². The van der Waals surface area contributed by atoms with Crippen LogP contribution in [0.3, 0.4) is 0 Å². The molecule has 0 bridgehead atoms. The van der Waals surface area contributed by atoms with Gasteiger partial charge in [0.25, 0.3) is 0 Å². The van der Waals surface area contributed by atoms with Crippen LogP contribution in [-0.2, 0) is 35.8 Å². The topological polar surface area (TPSA) is 174 Å². The Morgan fingerprint density at radius 3 is 2.53 bits per heavy atom. The molecule has 296 valence electrons. The average Bonchev–Trinajstić information content (AvgIpc) is 3.84. The molecule has 0 unspecified atom stereocenters. The Morgan fingerprint density at radius 2 is 1.79 bits per heavy atom. The van der Waals surface area contributed by atoms with Crippen LogP contribution < -0.4 is 20.7 Å². The maximum absolute atomic E-state index is 11.6. The Bertz CT molecular complexity index is 2520. The third-order valence-corrected chi connectivity index (χ3v) is 10.9. The SMILES string of the molecule is N#Cc1cncc(COc2cc(Cn3ncc4c(-c5cc(Cl)cc(-c6ccc(CNC[C@@H]7CCC(=O)N7)cc6)c5Cl)cccc43)c(Cl)cc2CN[C@@H](CO)C(=O)O)c1. The molecule has 1 amide bonds. The third kappa shape index (κ3) is 9.43. The van der Waals surface area contributed by atoms with Crippen LogP contribution in [-0.4, -0.2) is 62.1 Å². The Kier molecular flexibility index (Phi) is 12.9. The summed E-state index contributed by atoms with van der Waals surface area (Å²) >= 11 is 20.8. The van der Waals surface area contributed by atoms with Gasteiger partial charge in [-0.1, -0.05) is 71.2 Å². The van der Waals surface area contributed by atoms with Crippen molar-refractivity contribution in [2.24, 2.45) is 0 Å². The maximum atomic E-state index is 11.6. The van der Waals surface area contributed by atoms with Crippen molar-refractivity contribution in [3.8, 4) is 34.1 Å². The molecule has 58 heavy (non-hydrogen) atoms. The number of rotatable bonds is 16. The number of hydrogen-bond acceptors (Lipinski definition) is 9. The number of carbonyl (C=O) groups is 2. The van der Waals surface area contributed by atoms with Gasteiger partial charge in [-0.05, 0) is 65.1 Å². The largest absolute Gasteiger partial charge is 0.489 e. The monoisotopic (exact) mass is 837 g/mol. The van der Waals surface area contributed by atoms with Gasteiger partial charge < -0.3 is 25.6 Å². The van der Waals surface area contributed by atoms with Gasteiger partial charge >= 0.3 is 5.97 Å². The zero-order chi connectivity index (χ0) is 40.8. The average molecular weight is 839 g/mol. The normalized spacial score (nSPS) is 14.3. The summed E-state index contributed by atoms with van der Waals surface area (Å²) in [6.07, 6.45) is 6.26. The second-order valence-electron chi connectivity index (χ2n) is 14.0. The number of carboxylic acid groups (broad SMARTS) is 1. The summed E-state index contributed by atoms with van der Waals surface area (Å²) < 4.78 is 8.04. The molecule has 1 aliphatic rings. The van der Waals surface area contributed by atoms with E-state index in [2.05, 4.69) is 27.0 Å². The van der Waals surface area contributed by atoms with Crippen molar-refractivity contribution in [1.29, 1.82) is 5.26 Å². The standard InChI is InChI=1S/C43H38Cl3N7O5/c44-31-13-34(28-6-4-25(5-7-28)16-49-20-32-8-9-41(55)52-32)42(46)35(14-31)33-2-1-3-39-36(33)21-51-53(39)22-30-12-40(58-24-27-10-26(15-47)17-48-18-27)29(11-37(30)45)19-50-38(23-54)43(56)57/h1-7,10-14,17-18,21,32,38,49-50,54H,8-9,16,19-20,22-24H2,(H,52,55)(H,56,57)/t32-,38-/m0/s1. The number of benzene rings is 4. The van der Waals surface area contributed by atoms with Crippen molar-refractivity contribution in [3.63, 3.8) is 0 Å². The summed E-state index contributed by atoms with van der Waals surface area (Å²) in [5.74, 6) is -0.666. The third-order valence-electron chi connectivity index (χ3n) is 9.97. The van der Waals surface area contributed by atoms with Gasteiger partial charge in [-0.2, -0.15) is 10.4 Å². The first-order valence-corrected chi connectivity index (χ1v) is 19.6. The highest BCUT2D eigenvalue weighted by Crippen LogP contribution is 2.42. The first-order valence-electron chi connectivity index (χ1n) is 18.5. The number of pyridine rings is 1. The molecule has 12 nitrogen and oxygen atoms in total. The van der Waals surface area contributed by atoms with Crippen LogP contribution in [0.4, 0.5) is 0 Å². The molecule has 0 saturated carbocycles. The highest BCUT2D eigenvalue weighted by Gasteiger charge is 2.21. The minimum absolute atomic E-state index is 0.0451. The molecule has 7 rings (SSSR count). The predicted octanol–water partition coefficient (Wildman–Crippen LogP) is 7.13. The summed E-state index contributed by atoms with van der Waals surface area (Å²) in [6, 6.07) is 23.9. The lowest BCUT2D eigenvalue weighted by Gasteiger charge is -2.18. The lowest BCUT2D eigenvalue weighted by molar-refractivity contribution is -0.140. The molecule has 15 heteroatoms. The van der Waals surface area contributed by atoms with Gasteiger partial charge in [0.05, 0.1) is 35.5 Å². The maximum Gasteiger partial charge on any atom is 0.323 e. The van der Waals surface area contributed by atoms with Crippen molar-refractivity contribution in [2.45, 2.75) is 51.2 Å². The van der Waals surface area contributed by atoms with E-state index in [0.717, 1.165) is 45.1 Å². The summed E-state index contributed by atoms with van der Waals surface area (Å²) in [5.41, 5.74) is 7.53. The molecule has 6 aromatic rings. The molecule has 2 atom stereocenters. The number of halogens is 3. The van der Waals surface area contributed by atoms with Crippen molar-refractivity contribution in [3.05, 3.63) is 134 Å². The van der Waals surface area contributed by atoms with E-state index in [-0.39, 0.29) is 31.6 Å². The number of ether oxygens (including phenoxy) is 1. The summed E-state index contributed by atoms with van der Waals surface area (Å²) in [7, 11) is 0. The van der Waals surface area contributed by atoms with Gasteiger partial charge in [-0.3, -0.25) is 24.6 Å². The molecule has 5 N–H and O–H groups in total. The van der Waals surface area contributed by atoms with Crippen LogP contribution in [0.15, 0.2) is 91.4 Å². The second kappa shape index (κ2) is 18.4. The molecule has 4 aromatic carbocycles. The van der Waals surface area contributed by atoms with Crippen LogP contribution in [0.25, 0.3) is 33.2 Å². The molecule has 1 fully saturated rings. The van der Waals surface area contributed by atoms with Gasteiger partial charge in [0.15, 0.2) is 0 Å². The molecule has 1 saturated heterocycles. The number of aliphatic carboxylic acids is 1. The summed E-state index contributed by atoms with van der Waals surface area (Å²) in [6.45, 7) is 1.17.